The molecule has 0 unspecified atom stereocenters. The highest BCUT2D eigenvalue weighted by molar-refractivity contribution is 5.97. The molecule has 1 aromatic carbocycles. The van der Waals surface area contributed by atoms with Crippen molar-refractivity contribution in [3.05, 3.63) is 49.1 Å². The number of likely N-dealkylation sites (N-methyl/N-ethyl adjacent to an activating group) is 1. The lowest BCUT2D eigenvalue weighted by Crippen LogP contribution is -2.54. The Morgan fingerprint density at radius 1 is 1.12 bits per heavy atom. The number of ether oxygens (including phenoxy) is 4. The van der Waals surface area contributed by atoms with Crippen LogP contribution in [0.5, 0.6) is 11.5 Å². The molecule has 10 heteroatoms. The summed E-state index contributed by atoms with van der Waals surface area (Å²) in [7, 11) is 1.54. The number of piperidine rings is 1. The topological polar surface area (TPSA) is 107 Å². The molecule has 0 radical (unpaired) electrons. The van der Waals surface area contributed by atoms with E-state index in [1.165, 1.54) is 0 Å². The van der Waals surface area contributed by atoms with Gasteiger partial charge in [0.15, 0.2) is 0 Å². The van der Waals surface area contributed by atoms with Gasteiger partial charge in [-0.05, 0) is 52.7 Å². The van der Waals surface area contributed by atoms with Gasteiger partial charge in [-0.15, -0.1) is 6.58 Å². The predicted molar refractivity (Wildman–Crippen MR) is 154 cm³/mol. The van der Waals surface area contributed by atoms with Crippen LogP contribution in [0.15, 0.2) is 43.5 Å². The number of benzene rings is 1. The number of amides is 3. The van der Waals surface area contributed by atoms with Gasteiger partial charge in [-0.3, -0.25) is 9.59 Å². The van der Waals surface area contributed by atoms with Crippen LogP contribution in [-0.4, -0.2) is 93.0 Å². The van der Waals surface area contributed by atoms with Crippen LogP contribution < -0.4 is 14.8 Å². The second-order valence-corrected chi connectivity index (χ2v) is 10.7. The molecule has 1 saturated heterocycles. The molecule has 1 aromatic rings. The average Bonchev–Trinajstić information content (AvgIpc) is 2.93. The van der Waals surface area contributed by atoms with Gasteiger partial charge >= 0.3 is 6.09 Å². The van der Waals surface area contributed by atoms with E-state index in [4.69, 9.17) is 18.9 Å². The number of nitrogens with zero attached hydrogens (tertiary/aromatic N) is 2. The highest BCUT2D eigenvalue weighted by Crippen LogP contribution is 2.35. The lowest BCUT2D eigenvalue weighted by molar-refractivity contribution is -0.149. The summed E-state index contributed by atoms with van der Waals surface area (Å²) in [6.45, 7) is 17.3. The standard InChI is InChI=1S/C30H45N3O7/c1-8-19-38-22-30(13-16-33(17-14-30)28(36)40-29(4,5)6)27(35)32(10-3)18-15-31-26(34)24-12-11-23(37-7)21-25(24)39-20-9-2/h8-9,11-12,21H,1-2,10,13-20,22H2,3-7H3,(H,31,34). The minimum Gasteiger partial charge on any atom is -0.497 e. The fourth-order valence-corrected chi connectivity index (χ4v) is 4.43. The summed E-state index contributed by atoms with van der Waals surface area (Å²) < 4.78 is 22.2. The molecule has 0 aliphatic carbocycles. The third-order valence-corrected chi connectivity index (χ3v) is 6.57. The fourth-order valence-electron chi connectivity index (χ4n) is 4.43. The molecular formula is C30H45N3O7. The number of hydrogen-bond acceptors (Lipinski definition) is 7. The summed E-state index contributed by atoms with van der Waals surface area (Å²) in [4.78, 5) is 42.8. The van der Waals surface area contributed by atoms with Crippen molar-refractivity contribution in [2.75, 3.05) is 59.7 Å². The molecule has 1 N–H and O–H groups in total. The number of methoxy groups -OCH3 is 1. The van der Waals surface area contributed by atoms with Gasteiger partial charge < -0.3 is 34.1 Å². The summed E-state index contributed by atoms with van der Waals surface area (Å²) in [5, 5.41) is 2.89. The Morgan fingerprint density at radius 3 is 2.38 bits per heavy atom. The van der Waals surface area contributed by atoms with Crippen LogP contribution in [0.25, 0.3) is 0 Å². The lowest BCUT2D eigenvalue weighted by Gasteiger charge is -2.43. The van der Waals surface area contributed by atoms with Crippen molar-refractivity contribution in [2.24, 2.45) is 5.41 Å². The van der Waals surface area contributed by atoms with Crippen molar-refractivity contribution in [3.63, 3.8) is 0 Å². The number of likely N-dealkylation sites (tertiary alicyclic amines) is 1. The molecule has 0 aromatic heterocycles. The van der Waals surface area contributed by atoms with E-state index >= 15 is 0 Å². The molecule has 222 valence electrons. The maximum absolute atomic E-state index is 13.9. The molecule has 0 atom stereocenters. The average molecular weight is 560 g/mol. The molecule has 1 heterocycles. The zero-order valence-electron chi connectivity index (χ0n) is 24.6. The van der Waals surface area contributed by atoms with Crippen molar-refractivity contribution in [2.45, 2.75) is 46.1 Å². The number of nitrogens with one attached hydrogen (secondary N) is 1. The van der Waals surface area contributed by atoms with E-state index < -0.39 is 11.0 Å². The number of rotatable bonds is 14. The largest absolute Gasteiger partial charge is 0.497 e. The molecule has 40 heavy (non-hydrogen) atoms. The SMILES string of the molecule is C=CCOCC1(C(=O)N(CC)CCNC(=O)c2ccc(OC)cc2OCC=C)CCN(C(=O)OC(C)(C)C)CC1. The molecule has 10 nitrogen and oxygen atoms in total. The molecule has 1 aliphatic heterocycles. The van der Waals surface area contributed by atoms with Gasteiger partial charge in [0.1, 0.15) is 23.7 Å². The van der Waals surface area contributed by atoms with E-state index in [9.17, 15) is 14.4 Å². The fraction of sp³-hybridized carbons (Fsp3) is 0.567. The minimum atomic E-state index is -0.788. The van der Waals surface area contributed by atoms with Crippen LogP contribution in [0, 0.1) is 5.41 Å². The molecule has 0 spiro atoms. The summed E-state index contributed by atoms with van der Waals surface area (Å²) >= 11 is 0. The summed E-state index contributed by atoms with van der Waals surface area (Å²) in [5.41, 5.74) is -1.02. The van der Waals surface area contributed by atoms with E-state index in [0.29, 0.717) is 62.7 Å². The first-order valence-electron chi connectivity index (χ1n) is 13.7. The van der Waals surface area contributed by atoms with Crippen LogP contribution in [0.2, 0.25) is 0 Å². The highest BCUT2D eigenvalue weighted by Gasteiger charge is 2.45. The zero-order valence-corrected chi connectivity index (χ0v) is 24.6. The first-order chi connectivity index (χ1) is 19.0. The number of carbonyl (C=O) groups is 3. The predicted octanol–water partition coefficient (Wildman–Crippen LogP) is 4.06. The molecule has 0 saturated carbocycles. The van der Waals surface area contributed by atoms with Gasteiger partial charge in [-0.2, -0.15) is 0 Å². The van der Waals surface area contributed by atoms with Gasteiger partial charge in [0.2, 0.25) is 5.91 Å². The molecular weight excluding hydrogens is 514 g/mol. The van der Waals surface area contributed by atoms with E-state index in [0.717, 1.165) is 0 Å². The van der Waals surface area contributed by atoms with Crippen molar-refractivity contribution in [3.8, 4) is 11.5 Å². The van der Waals surface area contributed by atoms with E-state index in [1.807, 2.05) is 27.7 Å². The summed E-state index contributed by atoms with van der Waals surface area (Å²) in [6.07, 6.45) is 3.75. The molecule has 3 amide bonds. The van der Waals surface area contributed by atoms with Gasteiger partial charge in [0.25, 0.3) is 5.91 Å². The molecule has 1 fully saturated rings. The van der Waals surface area contributed by atoms with Crippen molar-refractivity contribution < 1.29 is 33.3 Å². The minimum absolute atomic E-state index is 0.0587. The molecule has 2 rings (SSSR count). The Hall–Kier alpha value is -3.53. The maximum Gasteiger partial charge on any atom is 0.410 e. The first-order valence-corrected chi connectivity index (χ1v) is 13.7. The molecule has 1 aliphatic rings. The van der Waals surface area contributed by atoms with E-state index in [2.05, 4.69) is 18.5 Å². The van der Waals surface area contributed by atoms with Gasteiger partial charge in [-0.25, -0.2) is 4.79 Å². The second kappa shape index (κ2) is 15.3. The Kier molecular flexibility index (Phi) is 12.5. The molecule has 0 bridgehead atoms. The Labute approximate surface area is 238 Å². The van der Waals surface area contributed by atoms with Crippen molar-refractivity contribution in [1.29, 1.82) is 0 Å². The Morgan fingerprint density at radius 2 is 1.80 bits per heavy atom. The number of hydrogen-bond donors (Lipinski definition) is 1. The van der Waals surface area contributed by atoms with Crippen LogP contribution in [0.4, 0.5) is 4.79 Å². The lowest BCUT2D eigenvalue weighted by atomic mass is 9.77. The monoisotopic (exact) mass is 559 g/mol. The normalized spacial score (nSPS) is 14.6. The van der Waals surface area contributed by atoms with Crippen LogP contribution in [-0.2, 0) is 14.3 Å². The summed E-state index contributed by atoms with van der Waals surface area (Å²) in [5.74, 6) is 0.576. The summed E-state index contributed by atoms with van der Waals surface area (Å²) in [6, 6.07) is 4.98. The highest BCUT2D eigenvalue weighted by atomic mass is 16.6. The van der Waals surface area contributed by atoms with E-state index in [-0.39, 0.29) is 37.7 Å². The third-order valence-electron chi connectivity index (χ3n) is 6.57. The Balaban J connectivity index is 2.08. The Bertz CT molecular complexity index is 1030. The van der Waals surface area contributed by atoms with E-state index in [1.54, 1.807) is 47.3 Å². The van der Waals surface area contributed by atoms with Gasteiger partial charge in [0, 0.05) is 38.8 Å². The van der Waals surface area contributed by atoms with Crippen LogP contribution >= 0.6 is 0 Å². The quantitative estimate of drug-likeness (QED) is 0.271. The van der Waals surface area contributed by atoms with Gasteiger partial charge in [0.05, 0.1) is 31.3 Å². The maximum atomic E-state index is 13.9. The van der Waals surface area contributed by atoms with Crippen molar-refractivity contribution >= 4 is 17.9 Å². The zero-order chi connectivity index (χ0) is 29.8. The second-order valence-electron chi connectivity index (χ2n) is 10.7. The van der Waals surface area contributed by atoms with Crippen LogP contribution in [0.3, 0.4) is 0 Å². The van der Waals surface area contributed by atoms with Crippen molar-refractivity contribution in [1.82, 2.24) is 15.1 Å². The smallest absolute Gasteiger partial charge is 0.410 e. The number of carbonyl (C=O) groups excluding carboxylic acids is 3. The third kappa shape index (κ3) is 9.29. The van der Waals surface area contributed by atoms with Crippen LogP contribution in [0.1, 0.15) is 50.9 Å². The van der Waals surface area contributed by atoms with Gasteiger partial charge in [-0.1, -0.05) is 18.7 Å². The first kappa shape index (κ1) is 32.7.